The number of benzene rings is 4. The molecule has 1 aliphatic heterocycles. The summed E-state index contributed by atoms with van der Waals surface area (Å²) in [5.41, 5.74) is 10.1. The van der Waals surface area contributed by atoms with Crippen LogP contribution in [0.4, 0.5) is 0 Å². The van der Waals surface area contributed by atoms with Crippen molar-refractivity contribution < 1.29 is 9.26 Å². The predicted octanol–water partition coefficient (Wildman–Crippen LogP) is 6.47. The summed E-state index contributed by atoms with van der Waals surface area (Å²) in [5, 5.41) is 3.99. The second-order valence-electron chi connectivity index (χ2n) is 10.0. The normalized spacial score (nSPS) is 13.8. The van der Waals surface area contributed by atoms with Crippen molar-refractivity contribution in [2.24, 2.45) is 0 Å². The third-order valence-corrected chi connectivity index (χ3v) is 7.49. The van der Waals surface area contributed by atoms with Gasteiger partial charge in [0.1, 0.15) is 18.2 Å². The molecule has 0 unspecified atom stereocenters. The van der Waals surface area contributed by atoms with Crippen molar-refractivity contribution in [3.63, 3.8) is 0 Å². The lowest BCUT2D eigenvalue weighted by atomic mass is 9.88. The van der Waals surface area contributed by atoms with Crippen LogP contribution in [-0.4, -0.2) is 19.7 Å². The average molecular weight is 527 g/mol. The summed E-state index contributed by atoms with van der Waals surface area (Å²) >= 11 is 0. The number of nitrogens with zero attached hydrogens (tertiary/aromatic N) is 3. The van der Waals surface area contributed by atoms with Gasteiger partial charge in [0.25, 0.3) is 0 Å². The predicted molar refractivity (Wildman–Crippen MR) is 155 cm³/mol. The van der Waals surface area contributed by atoms with E-state index in [0.717, 1.165) is 61.7 Å². The van der Waals surface area contributed by atoms with E-state index >= 15 is 0 Å². The third kappa shape index (κ3) is 4.03. The van der Waals surface area contributed by atoms with Gasteiger partial charge >= 0.3 is 5.76 Å². The molecule has 40 heavy (non-hydrogen) atoms. The number of aryl methyl sites for hydroxylation is 1. The van der Waals surface area contributed by atoms with E-state index in [1.54, 1.807) is 0 Å². The average Bonchev–Trinajstić information content (AvgIpc) is 3.52. The minimum Gasteiger partial charge on any atom is -0.488 e. The summed E-state index contributed by atoms with van der Waals surface area (Å²) in [4.78, 5) is 19.5. The Labute approximate surface area is 230 Å². The van der Waals surface area contributed by atoms with Gasteiger partial charge in [0, 0.05) is 23.2 Å². The Morgan fingerprint density at radius 2 is 1.80 bits per heavy atom. The number of fused-ring (bicyclic) bond motifs is 3. The van der Waals surface area contributed by atoms with Crippen molar-refractivity contribution in [3.05, 3.63) is 141 Å². The number of para-hydroxylation sites is 2. The summed E-state index contributed by atoms with van der Waals surface area (Å²) in [6, 6.07) is 31.1. The Balaban J connectivity index is 1.44. The first kappa shape index (κ1) is 23.9. The topological polar surface area (TPSA) is 85.9 Å². The maximum absolute atomic E-state index is 11.8. The van der Waals surface area contributed by atoms with E-state index in [0.29, 0.717) is 18.9 Å². The van der Waals surface area contributed by atoms with Gasteiger partial charge in [-0.05, 0) is 72.0 Å². The molecule has 0 spiro atoms. The molecule has 1 N–H and O–H groups in total. The van der Waals surface area contributed by atoms with Crippen LogP contribution in [-0.2, 0) is 13.0 Å². The monoisotopic (exact) mass is 526 g/mol. The Hall–Kier alpha value is -5.17. The Bertz CT molecular complexity index is 1980. The number of imidazole rings is 1. The molecule has 2 aromatic heterocycles. The van der Waals surface area contributed by atoms with Crippen molar-refractivity contribution >= 4 is 22.2 Å². The van der Waals surface area contributed by atoms with E-state index in [1.165, 1.54) is 5.56 Å². The number of rotatable bonds is 4. The number of nitrogens with one attached hydrogen (secondary N) is 1. The number of hydrogen-bond donors (Lipinski definition) is 1. The van der Waals surface area contributed by atoms with E-state index in [1.807, 2.05) is 37.3 Å². The molecule has 196 valence electrons. The SMILES string of the molecule is C/C(=C1/c2ccc(-n3c(Cc4ccccc4)nc4ccccc43)cc2COc2cccc(C)c21)c1noc(=O)[nH]1. The number of aromatic nitrogens is 4. The van der Waals surface area contributed by atoms with E-state index in [9.17, 15) is 4.79 Å². The molecule has 0 radical (unpaired) electrons. The van der Waals surface area contributed by atoms with Gasteiger partial charge in [-0.1, -0.05) is 65.8 Å². The van der Waals surface area contributed by atoms with Gasteiger partial charge in [0.2, 0.25) is 0 Å². The van der Waals surface area contributed by atoms with Crippen LogP contribution in [0.2, 0.25) is 0 Å². The summed E-state index contributed by atoms with van der Waals surface area (Å²) in [6.45, 7) is 4.41. The number of allylic oxidation sites excluding steroid dienone is 1. The quantitative estimate of drug-likeness (QED) is 0.284. The number of aromatic amines is 1. The molecule has 0 saturated heterocycles. The van der Waals surface area contributed by atoms with Crippen molar-refractivity contribution in [1.82, 2.24) is 19.7 Å². The van der Waals surface area contributed by atoms with Crippen LogP contribution in [0.15, 0.2) is 100 Å². The molecule has 0 atom stereocenters. The van der Waals surface area contributed by atoms with E-state index in [-0.39, 0.29) is 0 Å². The molecule has 3 heterocycles. The molecule has 0 saturated carbocycles. The van der Waals surface area contributed by atoms with Gasteiger partial charge in [0.05, 0.1) is 11.0 Å². The largest absolute Gasteiger partial charge is 0.488 e. The highest BCUT2D eigenvalue weighted by Crippen LogP contribution is 2.42. The standard InChI is InChI=1S/C33H26N4O3/c1-20-9-8-14-28-30(20)31(21(2)32-35-33(38)40-36-32)25-16-15-24(18-23(25)19-39-28)37-27-13-7-6-12-26(27)34-29(37)17-22-10-4-3-5-11-22/h3-16,18H,17,19H2,1-2H3,(H,35,36,38)/b31-21+. The molecule has 0 fully saturated rings. The third-order valence-electron chi connectivity index (χ3n) is 7.49. The van der Waals surface area contributed by atoms with Crippen molar-refractivity contribution in [3.8, 4) is 11.4 Å². The zero-order valence-electron chi connectivity index (χ0n) is 22.1. The maximum Gasteiger partial charge on any atom is 0.439 e. The van der Waals surface area contributed by atoms with Crippen LogP contribution in [0, 0.1) is 6.92 Å². The Kier molecular flexibility index (Phi) is 5.70. The highest BCUT2D eigenvalue weighted by atomic mass is 16.5. The maximum atomic E-state index is 11.8. The minimum atomic E-state index is -0.585. The van der Waals surface area contributed by atoms with Crippen LogP contribution in [0.5, 0.6) is 5.75 Å². The molecule has 7 nitrogen and oxygen atoms in total. The lowest BCUT2D eigenvalue weighted by molar-refractivity contribution is 0.307. The summed E-state index contributed by atoms with van der Waals surface area (Å²) in [6.07, 6.45) is 0.706. The van der Waals surface area contributed by atoms with Crippen molar-refractivity contribution in [2.45, 2.75) is 26.9 Å². The number of H-pyrrole nitrogens is 1. The number of hydrogen-bond acceptors (Lipinski definition) is 5. The molecule has 0 amide bonds. The van der Waals surface area contributed by atoms with Crippen LogP contribution < -0.4 is 10.5 Å². The molecule has 1 aliphatic rings. The van der Waals surface area contributed by atoms with Crippen LogP contribution in [0.1, 0.15) is 46.4 Å². The summed E-state index contributed by atoms with van der Waals surface area (Å²) in [5.74, 6) is 1.57. The minimum absolute atomic E-state index is 0.395. The first-order valence-electron chi connectivity index (χ1n) is 13.2. The molecule has 4 aromatic carbocycles. The van der Waals surface area contributed by atoms with Crippen molar-refractivity contribution in [2.75, 3.05) is 0 Å². The Morgan fingerprint density at radius 3 is 2.62 bits per heavy atom. The molecule has 0 aliphatic carbocycles. The lowest BCUT2D eigenvalue weighted by Crippen LogP contribution is -2.05. The zero-order chi connectivity index (χ0) is 27.2. The fourth-order valence-electron chi connectivity index (χ4n) is 5.61. The molecular formula is C33H26N4O3. The highest BCUT2D eigenvalue weighted by Gasteiger charge is 2.25. The van der Waals surface area contributed by atoms with E-state index in [2.05, 4.69) is 82.3 Å². The molecule has 6 aromatic rings. The van der Waals surface area contributed by atoms with Gasteiger partial charge in [-0.25, -0.2) is 9.78 Å². The number of ether oxygens (including phenoxy) is 1. The lowest BCUT2D eigenvalue weighted by Gasteiger charge is -2.17. The second-order valence-corrected chi connectivity index (χ2v) is 10.0. The first-order valence-corrected chi connectivity index (χ1v) is 13.2. The molecule has 7 rings (SSSR count). The fraction of sp³-hybridized carbons (Fsp3) is 0.121. The van der Waals surface area contributed by atoms with Gasteiger partial charge in [0.15, 0.2) is 5.82 Å². The van der Waals surface area contributed by atoms with Crippen LogP contribution in [0.25, 0.3) is 27.9 Å². The summed E-state index contributed by atoms with van der Waals surface area (Å²) < 4.78 is 13.5. The molecule has 7 heteroatoms. The van der Waals surface area contributed by atoms with Crippen LogP contribution in [0.3, 0.4) is 0 Å². The van der Waals surface area contributed by atoms with Gasteiger partial charge in [-0.2, -0.15) is 0 Å². The van der Waals surface area contributed by atoms with E-state index in [4.69, 9.17) is 14.2 Å². The van der Waals surface area contributed by atoms with Gasteiger partial charge in [-0.15, -0.1) is 0 Å². The summed E-state index contributed by atoms with van der Waals surface area (Å²) in [7, 11) is 0. The first-order chi connectivity index (χ1) is 19.6. The molecule has 0 bridgehead atoms. The smallest absolute Gasteiger partial charge is 0.439 e. The Morgan fingerprint density at radius 1 is 0.975 bits per heavy atom. The van der Waals surface area contributed by atoms with Crippen LogP contribution >= 0.6 is 0 Å². The highest BCUT2D eigenvalue weighted by molar-refractivity contribution is 6.00. The fourth-order valence-corrected chi connectivity index (χ4v) is 5.61. The van der Waals surface area contributed by atoms with Gasteiger partial charge < -0.3 is 4.74 Å². The molecular weight excluding hydrogens is 500 g/mol. The van der Waals surface area contributed by atoms with E-state index < -0.39 is 5.76 Å². The van der Waals surface area contributed by atoms with Crippen molar-refractivity contribution in [1.29, 1.82) is 0 Å². The second kappa shape index (κ2) is 9.54. The van der Waals surface area contributed by atoms with Gasteiger partial charge in [-0.3, -0.25) is 14.1 Å². The zero-order valence-corrected chi connectivity index (χ0v) is 22.1.